The van der Waals surface area contributed by atoms with Gasteiger partial charge in [0, 0.05) is 16.0 Å². The lowest BCUT2D eigenvalue weighted by Crippen LogP contribution is -2.31. The lowest BCUT2D eigenvalue weighted by atomic mass is 10.1. The summed E-state index contributed by atoms with van der Waals surface area (Å²) in [5.74, 6) is 0.335. The molecule has 2 N–H and O–H groups in total. The van der Waals surface area contributed by atoms with Gasteiger partial charge in [0.25, 0.3) is 5.56 Å². The monoisotopic (exact) mass is 486 g/mol. The number of likely N-dealkylation sites (N-methyl/N-ethyl adjacent to an activating group) is 1. The van der Waals surface area contributed by atoms with E-state index >= 15 is 0 Å². The summed E-state index contributed by atoms with van der Waals surface area (Å²) in [5, 5.41) is 5.55. The zero-order valence-corrected chi connectivity index (χ0v) is 19.4. The zero-order chi connectivity index (χ0) is 23.5. The fraction of sp³-hybridized carbons (Fsp3) is 0.174. The Morgan fingerprint density at radius 1 is 1.27 bits per heavy atom. The molecule has 0 aliphatic carbocycles. The maximum Gasteiger partial charge on any atom is 0.260 e. The molecular weight excluding hydrogens is 467 g/mol. The molecule has 170 valence electrons. The van der Waals surface area contributed by atoms with Crippen LogP contribution in [0.5, 0.6) is 5.75 Å². The van der Waals surface area contributed by atoms with Crippen LogP contribution in [-0.2, 0) is 11.3 Å². The van der Waals surface area contributed by atoms with Crippen LogP contribution in [0.4, 0.5) is 10.1 Å². The zero-order valence-electron chi connectivity index (χ0n) is 17.8. The average molecular weight is 487 g/mol. The number of halogens is 2. The number of aromatic amines is 1. The number of thiophene rings is 1. The van der Waals surface area contributed by atoms with Crippen LogP contribution < -0.4 is 15.6 Å². The van der Waals surface area contributed by atoms with Crippen LogP contribution in [0, 0.1) is 5.82 Å². The number of methoxy groups -OCH3 is 1. The van der Waals surface area contributed by atoms with E-state index in [-0.39, 0.29) is 30.4 Å². The molecule has 4 rings (SSSR count). The lowest BCUT2D eigenvalue weighted by Gasteiger charge is -2.16. The molecule has 0 spiro atoms. The van der Waals surface area contributed by atoms with Crippen LogP contribution >= 0.6 is 22.9 Å². The summed E-state index contributed by atoms with van der Waals surface area (Å²) in [4.78, 5) is 34.9. The Morgan fingerprint density at radius 3 is 2.76 bits per heavy atom. The molecule has 0 atom stereocenters. The van der Waals surface area contributed by atoms with Crippen molar-refractivity contribution in [1.29, 1.82) is 0 Å². The molecule has 0 saturated carbocycles. The van der Waals surface area contributed by atoms with E-state index in [1.807, 2.05) is 5.38 Å². The molecule has 1 amide bonds. The Labute approximate surface area is 197 Å². The van der Waals surface area contributed by atoms with Crippen LogP contribution in [0.15, 0.2) is 52.6 Å². The summed E-state index contributed by atoms with van der Waals surface area (Å²) in [6, 6.07) is 10.9. The molecule has 33 heavy (non-hydrogen) atoms. The molecule has 4 aromatic rings. The molecule has 0 bridgehead atoms. The number of hydrogen-bond donors (Lipinski definition) is 2. The third-order valence-electron chi connectivity index (χ3n) is 4.92. The minimum absolute atomic E-state index is 0.0582. The number of amides is 1. The highest BCUT2D eigenvalue weighted by Gasteiger charge is 2.16. The third-order valence-corrected chi connectivity index (χ3v) is 6.02. The number of benzene rings is 2. The van der Waals surface area contributed by atoms with Crippen molar-refractivity contribution in [2.45, 2.75) is 6.54 Å². The molecule has 0 fully saturated rings. The number of carbonyl (C=O) groups excluding carboxylic acids is 1. The molecule has 0 saturated heterocycles. The van der Waals surface area contributed by atoms with Crippen molar-refractivity contribution in [2.24, 2.45) is 0 Å². The van der Waals surface area contributed by atoms with Gasteiger partial charge in [-0.15, -0.1) is 11.3 Å². The van der Waals surface area contributed by atoms with Crippen molar-refractivity contribution in [3.05, 3.63) is 74.9 Å². The number of nitrogens with zero attached hydrogens (tertiary/aromatic N) is 2. The van der Waals surface area contributed by atoms with Gasteiger partial charge in [0.1, 0.15) is 22.2 Å². The van der Waals surface area contributed by atoms with Gasteiger partial charge in [0.15, 0.2) is 0 Å². The van der Waals surface area contributed by atoms with Gasteiger partial charge in [-0.05, 0) is 42.9 Å². The third kappa shape index (κ3) is 5.22. The van der Waals surface area contributed by atoms with Crippen LogP contribution in [0.2, 0.25) is 5.02 Å². The quantitative estimate of drug-likeness (QED) is 0.401. The van der Waals surface area contributed by atoms with Gasteiger partial charge in [-0.25, -0.2) is 9.37 Å². The number of nitrogens with one attached hydrogen (secondary N) is 2. The smallest absolute Gasteiger partial charge is 0.260 e. The second-order valence-corrected chi connectivity index (χ2v) is 8.71. The summed E-state index contributed by atoms with van der Waals surface area (Å²) in [5.41, 5.74) is 1.65. The fourth-order valence-electron chi connectivity index (χ4n) is 3.43. The van der Waals surface area contributed by atoms with Gasteiger partial charge in [0.05, 0.1) is 31.3 Å². The van der Waals surface area contributed by atoms with Gasteiger partial charge >= 0.3 is 0 Å². The van der Waals surface area contributed by atoms with Crippen molar-refractivity contribution < 1.29 is 13.9 Å². The SMILES string of the molecule is COc1ccc(Cl)cc1NC(=O)CN(C)Cc1nc2scc(-c3ccc(F)cc3)c2c(=O)[nH]1. The first kappa shape index (κ1) is 22.9. The molecule has 0 radical (unpaired) electrons. The minimum atomic E-state index is -0.339. The van der Waals surface area contributed by atoms with E-state index in [4.69, 9.17) is 16.3 Å². The largest absolute Gasteiger partial charge is 0.495 e. The summed E-state index contributed by atoms with van der Waals surface area (Å²) < 4.78 is 18.5. The van der Waals surface area contributed by atoms with Crippen molar-refractivity contribution >= 4 is 44.7 Å². The average Bonchev–Trinajstić information content (AvgIpc) is 3.18. The molecule has 2 heterocycles. The highest BCUT2D eigenvalue weighted by molar-refractivity contribution is 7.17. The summed E-state index contributed by atoms with van der Waals surface area (Å²) >= 11 is 7.35. The second-order valence-electron chi connectivity index (χ2n) is 7.41. The Hall–Kier alpha value is -3.27. The topological polar surface area (TPSA) is 87.3 Å². The Morgan fingerprint density at radius 2 is 2.03 bits per heavy atom. The number of H-pyrrole nitrogens is 1. The van der Waals surface area contributed by atoms with Gasteiger partial charge < -0.3 is 15.0 Å². The van der Waals surface area contributed by atoms with Gasteiger partial charge in [-0.1, -0.05) is 23.7 Å². The number of anilines is 1. The van der Waals surface area contributed by atoms with Crippen molar-refractivity contribution in [3.63, 3.8) is 0 Å². The van der Waals surface area contributed by atoms with Crippen LogP contribution in [0.1, 0.15) is 5.82 Å². The van der Waals surface area contributed by atoms with Crippen molar-refractivity contribution in [3.8, 4) is 16.9 Å². The predicted octanol–water partition coefficient (Wildman–Crippen LogP) is 4.52. The summed E-state index contributed by atoms with van der Waals surface area (Å²) in [6.45, 7) is 0.317. The first-order valence-corrected chi connectivity index (χ1v) is 11.2. The van der Waals surface area contributed by atoms with Gasteiger partial charge in [-0.3, -0.25) is 14.5 Å². The van der Waals surface area contributed by atoms with E-state index in [1.165, 1.54) is 30.6 Å². The number of aromatic nitrogens is 2. The maximum absolute atomic E-state index is 13.2. The molecule has 10 heteroatoms. The van der Waals surface area contributed by atoms with E-state index in [0.717, 1.165) is 5.56 Å². The normalized spacial score (nSPS) is 11.2. The number of carbonyl (C=O) groups is 1. The maximum atomic E-state index is 13.2. The highest BCUT2D eigenvalue weighted by Crippen LogP contribution is 2.31. The highest BCUT2D eigenvalue weighted by atomic mass is 35.5. The standard InChI is InChI=1S/C23H20ClFN4O3S/c1-29(11-20(30)26-17-9-14(24)5-8-18(17)32-2)10-19-27-22(31)21-16(12-33-23(21)28-19)13-3-6-15(25)7-4-13/h3-9,12H,10-11H2,1-2H3,(H,26,30)(H,27,28,31). The van der Waals surface area contributed by atoms with E-state index in [2.05, 4.69) is 15.3 Å². The molecule has 0 unspecified atom stereocenters. The Kier molecular flexibility index (Phi) is 6.73. The second kappa shape index (κ2) is 9.70. The predicted molar refractivity (Wildman–Crippen MR) is 129 cm³/mol. The molecule has 2 aromatic carbocycles. The molecule has 2 aromatic heterocycles. The summed E-state index contributed by atoms with van der Waals surface area (Å²) in [7, 11) is 3.26. The van der Waals surface area contributed by atoms with Crippen LogP contribution in [0.3, 0.4) is 0 Å². The molecule has 7 nitrogen and oxygen atoms in total. The van der Waals surface area contributed by atoms with E-state index < -0.39 is 0 Å². The molecule has 0 aliphatic rings. The minimum Gasteiger partial charge on any atom is -0.495 e. The number of ether oxygens (including phenoxy) is 1. The van der Waals surface area contributed by atoms with E-state index in [0.29, 0.717) is 38.1 Å². The summed E-state index contributed by atoms with van der Waals surface area (Å²) in [6.07, 6.45) is 0. The fourth-order valence-corrected chi connectivity index (χ4v) is 4.57. The molecular formula is C23H20ClFN4O3S. The van der Waals surface area contributed by atoms with E-state index in [9.17, 15) is 14.0 Å². The van der Waals surface area contributed by atoms with Gasteiger partial charge in [-0.2, -0.15) is 0 Å². The Balaban J connectivity index is 1.48. The number of fused-ring (bicyclic) bond motifs is 1. The molecule has 0 aliphatic heterocycles. The first-order chi connectivity index (χ1) is 15.8. The van der Waals surface area contributed by atoms with Crippen molar-refractivity contribution in [2.75, 3.05) is 26.0 Å². The van der Waals surface area contributed by atoms with Gasteiger partial charge in [0.2, 0.25) is 5.91 Å². The first-order valence-electron chi connectivity index (χ1n) is 9.92. The van der Waals surface area contributed by atoms with Crippen LogP contribution in [0.25, 0.3) is 21.3 Å². The number of rotatable bonds is 7. The van der Waals surface area contributed by atoms with Crippen LogP contribution in [-0.4, -0.2) is 41.5 Å². The Bertz CT molecular complexity index is 1370. The number of hydrogen-bond acceptors (Lipinski definition) is 6. The van der Waals surface area contributed by atoms with E-state index in [1.54, 1.807) is 42.3 Å². The van der Waals surface area contributed by atoms with Crippen molar-refractivity contribution in [1.82, 2.24) is 14.9 Å². The lowest BCUT2D eigenvalue weighted by molar-refractivity contribution is -0.117.